The number of carbonyl (C=O) groups excluding carboxylic acids is 1. The van der Waals surface area contributed by atoms with Crippen LogP contribution in [0.3, 0.4) is 0 Å². The number of aliphatic carboxylic acids is 1. The van der Waals surface area contributed by atoms with E-state index in [0.29, 0.717) is 0 Å². The van der Waals surface area contributed by atoms with Crippen molar-refractivity contribution in [2.24, 2.45) is 5.92 Å². The molecule has 1 saturated heterocycles. The molecule has 1 heterocycles. The van der Waals surface area contributed by atoms with Crippen molar-refractivity contribution in [1.29, 1.82) is 0 Å². The molecule has 14 heavy (non-hydrogen) atoms. The van der Waals surface area contributed by atoms with E-state index in [1.807, 2.05) is 11.8 Å². The second-order valence-electron chi connectivity index (χ2n) is 3.46. The Labute approximate surface area is 87.4 Å². The quantitative estimate of drug-likeness (QED) is 0.684. The molecule has 5 heteroatoms. The van der Waals surface area contributed by atoms with Gasteiger partial charge in [-0.15, -0.1) is 0 Å². The van der Waals surface area contributed by atoms with Gasteiger partial charge in [-0.1, -0.05) is 0 Å². The molecule has 0 spiro atoms. The fourth-order valence-electron chi connectivity index (χ4n) is 1.28. The van der Waals surface area contributed by atoms with Crippen molar-refractivity contribution in [1.82, 2.24) is 5.32 Å². The van der Waals surface area contributed by atoms with Crippen molar-refractivity contribution in [3.05, 3.63) is 0 Å². The maximum Gasteiger partial charge on any atom is 0.315 e. The van der Waals surface area contributed by atoms with Crippen molar-refractivity contribution in [2.45, 2.75) is 25.8 Å². The van der Waals surface area contributed by atoms with Crippen LogP contribution >= 0.6 is 11.8 Å². The van der Waals surface area contributed by atoms with E-state index in [2.05, 4.69) is 5.32 Å². The van der Waals surface area contributed by atoms with E-state index >= 15 is 0 Å². The molecule has 0 aliphatic carbocycles. The third kappa shape index (κ3) is 3.21. The Morgan fingerprint density at radius 1 is 1.43 bits per heavy atom. The summed E-state index contributed by atoms with van der Waals surface area (Å²) in [5, 5.41) is 11.4. The summed E-state index contributed by atoms with van der Waals surface area (Å²) in [6, 6.07) is 0.172. The molecule has 1 amide bonds. The molecular formula is C9H15NO3S. The summed E-state index contributed by atoms with van der Waals surface area (Å²) in [5.41, 5.74) is 0. The fraction of sp³-hybridized carbons (Fsp3) is 0.778. The Morgan fingerprint density at radius 2 is 2.00 bits per heavy atom. The standard InChI is InChI=1S/C9H15NO3S/c1-6(9(12)13)8(11)10-7-2-4-14-5-3-7/h6-7H,2-5H2,1H3,(H,10,11)(H,12,13). The summed E-state index contributed by atoms with van der Waals surface area (Å²) in [4.78, 5) is 21.9. The minimum absolute atomic E-state index is 0.172. The van der Waals surface area contributed by atoms with E-state index in [9.17, 15) is 9.59 Å². The zero-order chi connectivity index (χ0) is 10.6. The van der Waals surface area contributed by atoms with Crippen molar-refractivity contribution in [2.75, 3.05) is 11.5 Å². The van der Waals surface area contributed by atoms with Gasteiger partial charge >= 0.3 is 5.97 Å². The lowest BCUT2D eigenvalue weighted by molar-refractivity contribution is -0.146. The number of carboxylic acid groups (broad SMARTS) is 1. The highest BCUT2D eigenvalue weighted by Crippen LogP contribution is 2.17. The first-order valence-electron chi connectivity index (χ1n) is 4.72. The minimum Gasteiger partial charge on any atom is -0.481 e. The first-order chi connectivity index (χ1) is 6.61. The Bertz CT molecular complexity index is 226. The maximum absolute atomic E-state index is 11.4. The molecule has 0 aromatic heterocycles. The third-order valence-corrected chi connectivity index (χ3v) is 3.38. The van der Waals surface area contributed by atoms with E-state index in [1.54, 1.807) is 0 Å². The summed E-state index contributed by atoms with van der Waals surface area (Å²) in [6.07, 6.45) is 1.89. The van der Waals surface area contributed by atoms with E-state index in [0.717, 1.165) is 24.3 Å². The van der Waals surface area contributed by atoms with Gasteiger partial charge in [0.1, 0.15) is 5.92 Å². The zero-order valence-electron chi connectivity index (χ0n) is 8.16. The van der Waals surface area contributed by atoms with Gasteiger partial charge in [-0.25, -0.2) is 0 Å². The first-order valence-corrected chi connectivity index (χ1v) is 5.87. The molecule has 1 aliphatic heterocycles. The number of carbonyl (C=O) groups is 2. The SMILES string of the molecule is CC(C(=O)O)C(=O)NC1CCSCC1. The Balaban J connectivity index is 2.35. The summed E-state index contributed by atoms with van der Waals surface area (Å²) >= 11 is 1.87. The predicted molar refractivity (Wildman–Crippen MR) is 55.3 cm³/mol. The molecule has 4 nitrogen and oxygen atoms in total. The zero-order valence-corrected chi connectivity index (χ0v) is 8.97. The summed E-state index contributed by atoms with van der Waals surface area (Å²) in [5.74, 6) is -0.273. The molecule has 1 fully saturated rings. The maximum atomic E-state index is 11.4. The highest BCUT2D eigenvalue weighted by Gasteiger charge is 2.23. The van der Waals surface area contributed by atoms with Crippen LogP contribution in [0, 0.1) is 5.92 Å². The van der Waals surface area contributed by atoms with Crippen LogP contribution in [0.25, 0.3) is 0 Å². The molecule has 0 aromatic rings. The summed E-state index contributed by atoms with van der Waals surface area (Å²) in [7, 11) is 0. The van der Waals surface area contributed by atoms with Crippen molar-refractivity contribution >= 4 is 23.6 Å². The molecule has 0 radical (unpaired) electrons. The lowest BCUT2D eigenvalue weighted by atomic mass is 10.1. The van der Waals surface area contributed by atoms with E-state index in [4.69, 9.17) is 5.11 Å². The van der Waals surface area contributed by atoms with Crippen LogP contribution in [0.5, 0.6) is 0 Å². The highest BCUT2D eigenvalue weighted by molar-refractivity contribution is 7.99. The van der Waals surface area contributed by atoms with Gasteiger partial charge in [0.05, 0.1) is 0 Å². The Hall–Kier alpha value is -0.710. The third-order valence-electron chi connectivity index (χ3n) is 2.33. The normalized spacial score (nSPS) is 20.1. The monoisotopic (exact) mass is 217 g/mol. The predicted octanol–water partition coefficient (Wildman–Crippen LogP) is 0.719. The van der Waals surface area contributed by atoms with Gasteiger partial charge in [0, 0.05) is 6.04 Å². The molecule has 0 aromatic carbocycles. The van der Waals surface area contributed by atoms with Crippen molar-refractivity contribution in [3.8, 4) is 0 Å². The smallest absolute Gasteiger partial charge is 0.315 e. The minimum atomic E-state index is -1.06. The van der Waals surface area contributed by atoms with Crippen LogP contribution in [0.1, 0.15) is 19.8 Å². The summed E-state index contributed by atoms with van der Waals surface area (Å²) < 4.78 is 0. The highest BCUT2D eigenvalue weighted by atomic mass is 32.2. The average molecular weight is 217 g/mol. The van der Waals surface area contributed by atoms with E-state index < -0.39 is 11.9 Å². The first kappa shape index (κ1) is 11.4. The number of rotatable bonds is 3. The molecule has 1 aliphatic rings. The molecule has 2 N–H and O–H groups in total. The lowest BCUT2D eigenvalue weighted by Crippen LogP contribution is -2.42. The molecule has 0 bridgehead atoms. The topological polar surface area (TPSA) is 66.4 Å². The molecule has 1 unspecified atom stereocenters. The van der Waals surface area contributed by atoms with Crippen LogP contribution in [0.2, 0.25) is 0 Å². The Kier molecular flexibility index (Phi) is 4.25. The van der Waals surface area contributed by atoms with Gasteiger partial charge in [-0.05, 0) is 31.3 Å². The van der Waals surface area contributed by atoms with Gasteiger partial charge in [-0.3, -0.25) is 9.59 Å². The second kappa shape index (κ2) is 5.24. The van der Waals surface area contributed by atoms with Gasteiger partial charge in [-0.2, -0.15) is 11.8 Å². The van der Waals surface area contributed by atoms with E-state index in [1.165, 1.54) is 6.92 Å². The van der Waals surface area contributed by atoms with E-state index in [-0.39, 0.29) is 11.9 Å². The number of carboxylic acids is 1. The van der Waals surface area contributed by atoms with Gasteiger partial charge < -0.3 is 10.4 Å². The molecule has 1 rings (SSSR count). The largest absolute Gasteiger partial charge is 0.481 e. The second-order valence-corrected chi connectivity index (χ2v) is 4.68. The van der Waals surface area contributed by atoms with Crippen molar-refractivity contribution in [3.63, 3.8) is 0 Å². The number of hydrogen-bond acceptors (Lipinski definition) is 3. The Morgan fingerprint density at radius 3 is 2.50 bits per heavy atom. The van der Waals surface area contributed by atoms with Crippen LogP contribution in [-0.2, 0) is 9.59 Å². The number of thioether (sulfide) groups is 1. The van der Waals surface area contributed by atoms with Crippen LogP contribution in [-0.4, -0.2) is 34.5 Å². The van der Waals surface area contributed by atoms with Crippen molar-refractivity contribution < 1.29 is 14.7 Å². The number of hydrogen-bond donors (Lipinski definition) is 2. The fourth-order valence-corrected chi connectivity index (χ4v) is 2.39. The van der Waals surface area contributed by atoms with Crippen LogP contribution in [0.4, 0.5) is 0 Å². The molecule has 0 saturated carbocycles. The number of amides is 1. The summed E-state index contributed by atoms with van der Waals surface area (Å²) in [6.45, 7) is 1.41. The van der Waals surface area contributed by atoms with Crippen LogP contribution in [0.15, 0.2) is 0 Å². The van der Waals surface area contributed by atoms with Gasteiger partial charge in [0.2, 0.25) is 5.91 Å². The molecule has 80 valence electrons. The lowest BCUT2D eigenvalue weighted by Gasteiger charge is -2.23. The molecule has 1 atom stereocenters. The van der Waals surface area contributed by atoms with Gasteiger partial charge in [0.15, 0.2) is 0 Å². The average Bonchev–Trinajstić information content (AvgIpc) is 2.18. The van der Waals surface area contributed by atoms with Crippen LogP contribution < -0.4 is 5.32 Å². The molecular weight excluding hydrogens is 202 g/mol. The number of nitrogens with one attached hydrogen (secondary N) is 1. The van der Waals surface area contributed by atoms with Gasteiger partial charge in [0.25, 0.3) is 0 Å².